The third kappa shape index (κ3) is 2.93. The Bertz CT molecular complexity index is 996. The van der Waals surface area contributed by atoms with Gasteiger partial charge in [0.1, 0.15) is 11.0 Å². The van der Waals surface area contributed by atoms with Crippen LogP contribution in [-0.4, -0.2) is 15.5 Å². The zero-order chi connectivity index (χ0) is 16.6. The van der Waals surface area contributed by atoms with Crippen LogP contribution in [-0.2, 0) is 0 Å². The lowest BCUT2D eigenvalue weighted by molar-refractivity contribution is -0.782. The van der Waals surface area contributed by atoms with Crippen molar-refractivity contribution < 1.29 is 14.2 Å². The number of aromatic nitrogens is 4. The van der Waals surface area contributed by atoms with E-state index >= 15 is 0 Å². The summed E-state index contributed by atoms with van der Waals surface area (Å²) in [6.45, 7) is 3.80. The number of benzene rings is 2. The van der Waals surface area contributed by atoms with Crippen LogP contribution in [0.4, 0.5) is 0 Å². The molecular formula is C14H10Br2N4O3. The van der Waals surface area contributed by atoms with Gasteiger partial charge in [0.2, 0.25) is 11.0 Å². The van der Waals surface area contributed by atoms with Crippen molar-refractivity contribution in [3.63, 3.8) is 0 Å². The summed E-state index contributed by atoms with van der Waals surface area (Å²) < 4.78 is 10.9. The second-order valence-electron chi connectivity index (χ2n) is 4.77. The number of rotatable bonds is 0. The predicted octanol–water partition coefficient (Wildman–Crippen LogP) is 3.83. The number of aryl methyl sites for hydroxylation is 2. The summed E-state index contributed by atoms with van der Waals surface area (Å²) in [6.07, 6.45) is 0. The minimum absolute atomic E-state index is 0.412. The highest BCUT2D eigenvalue weighted by Crippen LogP contribution is 2.23. The summed E-state index contributed by atoms with van der Waals surface area (Å²) in [5.41, 5.74) is 4.56. The fourth-order valence-corrected chi connectivity index (χ4v) is 2.68. The monoisotopic (exact) mass is 440 g/mol. The van der Waals surface area contributed by atoms with Crippen molar-refractivity contribution in [1.29, 1.82) is 0 Å². The van der Waals surface area contributed by atoms with Gasteiger partial charge in [0.25, 0.3) is 0 Å². The van der Waals surface area contributed by atoms with Crippen molar-refractivity contribution in [1.82, 2.24) is 15.5 Å². The second kappa shape index (κ2) is 6.25. The summed E-state index contributed by atoms with van der Waals surface area (Å²) in [6, 6.07) is 7.36. The predicted molar refractivity (Wildman–Crippen MR) is 89.6 cm³/mol. The lowest BCUT2D eigenvalue weighted by Crippen LogP contribution is -2.23. The quantitative estimate of drug-likeness (QED) is 0.385. The molecule has 0 aliphatic heterocycles. The number of halogens is 2. The van der Waals surface area contributed by atoms with E-state index in [4.69, 9.17) is 0 Å². The first-order valence-corrected chi connectivity index (χ1v) is 8.09. The van der Waals surface area contributed by atoms with Gasteiger partial charge >= 0.3 is 0 Å². The van der Waals surface area contributed by atoms with Gasteiger partial charge in [0.15, 0.2) is 0 Å². The van der Waals surface area contributed by atoms with Crippen molar-refractivity contribution >= 4 is 53.9 Å². The molecule has 2 aromatic heterocycles. The molecule has 0 saturated heterocycles. The Morgan fingerprint density at radius 3 is 2.30 bits per heavy atom. The number of fused-ring (bicyclic) bond motifs is 2. The molecule has 0 atom stereocenters. The Labute approximate surface area is 147 Å². The van der Waals surface area contributed by atoms with Gasteiger partial charge in [-0.3, -0.25) is 4.63 Å². The first-order chi connectivity index (χ1) is 11.0. The molecule has 118 valence electrons. The first-order valence-electron chi connectivity index (χ1n) is 6.51. The van der Waals surface area contributed by atoms with Gasteiger partial charge in [-0.2, -0.15) is 0 Å². The molecule has 0 aliphatic rings. The number of hydrogen-bond donors (Lipinski definition) is 0. The maximum absolute atomic E-state index is 11.0. The topological polar surface area (TPSA) is 91.9 Å². The van der Waals surface area contributed by atoms with Crippen LogP contribution in [0.15, 0.2) is 42.5 Å². The molecule has 0 bridgehead atoms. The van der Waals surface area contributed by atoms with Crippen molar-refractivity contribution in [3.05, 3.63) is 49.5 Å². The van der Waals surface area contributed by atoms with Crippen molar-refractivity contribution in [2.45, 2.75) is 13.8 Å². The average molecular weight is 442 g/mol. The summed E-state index contributed by atoms with van der Waals surface area (Å²) in [4.78, 5) is 0.412. The second-order valence-corrected chi connectivity index (χ2v) is 6.48. The van der Waals surface area contributed by atoms with E-state index in [0.717, 1.165) is 31.1 Å². The van der Waals surface area contributed by atoms with Crippen LogP contribution >= 0.6 is 31.9 Å². The highest BCUT2D eigenvalue weighted by Gasteiger charge is 2.13. The summed E-state index contributed by atoms with van der Waals surface area (Å²) in [7, 11) is 0. The van der Waals surface area contributed by atoms with Crippen molar-refractivity contribution in [2.75, 3.05) is 0 Å². The van der Waals surface area contributed by atoms with Gasteiger partial charge in [-0.05, 0) is 58.9 Å². The maximum atomic E-state index is 11.0. The van der Waals surface area contributed by atoms with Gasteiger partial charge in [0.05, 0.1) is 0 Å². The lowest BCUT2D eigenvalue weighted by Gasteiger charge is -1.94. The van der Waals surface area contributed by atoms with E-state index in [1.807, 2.05) is 32.0 Å². The number of hydrogen-bond acceptors (Lipinski definition) is 6. The molecule has 9 heteroatoms. The van der Waals surface area contributed by atoms with E-state index in [-0.39, 0.29) is 0 Å². The zero-order valence-corrected chi connectivity index (χ0v) is 15.3. The average Bonchev–Trinajstić information content (AvgIpc) is 3.15. The fourth-order valence-electron chi connectivity index (χ4n) is 2.04. The van der Waals surface area contributed by atoms with Gasteiger partial charge in [-0.1, -0.05) is 31.9 Å². The molecule has 4 rings (SSSR count). The van der Waals surface area contributed by atoms with Crippen LogP contribution in [0.3, 0.4) is 0 Å². The van der Waals surface area contributed by atoms with Crippen molar-refractivity contribution in [2.24, 2.45) is 0 Å². The van der Waals surface area contributed by atoms with Gasteiger partial charge in [-0.15, -0.1) is 0 Å². The Morgan fingerprint density at radius 2 is 1.57 bits per heavy atom. The molecule has 0 N–H and O–H groups in total. The molecule has 7 nitrogen and oxygen atoms in total. The van der Waals surface area contributed by atoms with Gasteiger partial charge < -0.3 is 5.21 Å². The first kappa shape index (κ1) is 15.9. The van der Waals surface area contributed by atoms with Gasteiger partial charge in [0, 0.05) is 19.7 Å². The fraction of sp³-hybridized carbons (Fsp3) is 0.143. The Balaban J connectivity index is 0.000000136. The largest absolute Gasteiger partial charge is 0.359 e. The minimum Gasteiger partial charge on any atom is -0.359 e. The van der Waals surface area contributed by atoms with E-state index in [2.05, 4.69) is 56.6 Å². The molecular weight excluding hydrogens is 432 g/mol. The van der Waals surface area contributed by atoms with Crippen LogP contribution in [0, 0.1) is 19.1 Å². The van der Waals surface area contributed by atoms with Crippen LogP contribution < -0.4 is 4.90 Å². The summed E-state index contributed by atoms with van der Waals surface area (Å²) >= 11 is 6.71. The normalized spacial score (nSPS) is 10.8. The van der Waals surface area contributed by atoms with E-state index in [1.54, 1.807) is 6.07 Å². The van der Waals surface area contributed by atoms with E-state index in [1.165, 1.54) is 0 Å². The molecule has 0 spiro atoms. The third-order valence-corrected chi connectivity index (χ3v) is 5.07. The molecule has 2 aromatic carbocycles. The zero-order valence-electron chi connectivity index (χ0n) is 12.1. The van der Waals surface area contributed by atoms with Crippen molar-refractivity contribution in [3.8, 4) is 0 Å². The minimum atomic E-state index is 0.412. The molecule has 0 unspecified atom stereocenters. The summed E-state index contributed by atoms with van der Waals surface area (Å²) in [5, 5.41) is 22.1. The van der Waals surface area contributed by atoms with E-state index in [9.17, 15) is 5.21 Å². The molecule has 23 heavy (non-hydrogen) atoms. The molecule has 0 amide bonds. The Morgan fingerprint density at radius 1 is 0.913 bits per heavy atom. The Hall–Kier alpha value is -2.00. The molecule has 2 heterocycles. The van der Waals surface area contributed by atoms with Crippen LogP contribution in [0.25, 0.3) is 22.1 Å². The summed E-state index contributed by atoms with van der Waals surface area (Å²) in [5.74, 6) is 0. The van der Waals surface area contributed by atoms with Gasteiger partial charge in [-0.25, -0.2) is 4.63 Å². The number of nitrogens with zero attached hydrogens (tertiary/aromatic N) is 4. The van der Waals surface area contributed by atoms with E-state index in [0.29, 0.717) is 15.9 Å². The smallest absolute Gasteiger partial charge is 0.248 e. The molecule has 0 radical (unpaired) electrons. The lowest BCUT2D eigenvalue weighted by atomic mass is 10.2. The highest BCUT2D eigenvalue weighted by atomic mass is 79.9. The molecule has 0 aliphatic carbocycles. The maximum Gasteiger partial charge on any atom is 0.248 e. The third-order valence-electron chi connectivity index (χ3n) is 3.35. The highest BCUT2D eigenvalue weighted by molar-refractivity contribution is 9.10. The van der Waals surface area contributed by atoms with Crippen LogP contribution in [0.1, 0.15) is 11.1 Å². The molecule has 0 saturated carbocycles. The SMILES string of the molecule is Cc1c(Br)ccc2no[n+]([O-])c12.Cc1c(Br)ccc2nonc12. The van der Waals surface area contributed by atoms with Crippen LogP contribution in [0.5, 0.6) is 0 Å². The van der Waals surface area contributed by atoms with E-state index < -0.39 is 0 Å². The Kier molecular flexibility index (Phi) is 4.31. The standard InChI is InChI=1S/C7H5BrN2O2.C7H5BrN2O/c1-4-5(8)2-3-6-7(4)10(11)12-9-6;1-4-5(8)2-3-6-7(4)10-11-9-6/h2-3H,1H3;2-3H,1H3. The molecule has 4 aromatic rings. The van der Waals surface area contributed by atoms with Crippen LogP contribution in [0.2, 0.25) is 0 Å². The molecule has 0 fully saturated rings.